The van der Waals surface area contributed by atoms with Gasteiger partial charge in [-0.3, -0.25) is 4.79 Å². The van der Waals surface area contributed by atoms with Crippen molar-refractivity contribution >= 4 is 6.29 Å². The third kappa shape index (κ3) is 2.49. The van der Waals surface area contributed by atoms with Gasteiger partial charge in [-0.25, -0.2) is 0 Å². The van der Waals surface area contributed by atoms with Crippen molar-refractivity contribution in [1.82, 2.24) is 0 Å². The van der Waals surface area contributed by atoms with E-state index in [2.05, 4.69) is 0 Å². The third-order valence-corrected chi connectivity index (χ3v) is 1.81. The van der Waals surface area contributed by atoms with Gasteiger partial charge >= 0.3 is 0 Å². The molecular weight excluding hydrogens is 180 g/mol. The first kappa shape index (κ1) is 10.6. The van der Waals surface area contributed by atoms with E-state index in [1.54, 1.807) is 25.3 Å². The average molecular weight is 194 g/mol. The van der Waals surface area contributed by atoms with Gasteiger partial charge in [0.2, 0.25) is 0 Å². The fraction of sp³-hybridized carbons (Fsp3) is 0.364. The molecule has 0 aliphatic carbocycles. The van der Waals surface area contributed by atoms with Crippen molar-refractivity contribution in [1.29, 1.82) is 0 Å². The molecule has 3 nitrogen and oxygen atoms in total. The monoisotopic (exact) mass is 194 g/mol. The van der Waals surface area contributed by atoms with Crippen LogP contribution < -0.4 is 9.47 Å². The maximum Gasteiger partial charge on any atom is 0.153 e. The number of hydrogen-bond acceptors (Lipinski definition) is 3. The van der Waals surface area contributed by atoms with Crippen molar-refractivity contribution in [3.05, 3.63) is 23.8 Å². The number of aldehydes is 1. The molecule has 76 valence electrons. The molecule has 0 bridgehead atoms. The van der Waals surface area contributed by atoms with Crippen molar-refractivity contribution < 1.29 is 14.3 Å². The van der Waals surface area contributed by atoms with Crippen LogP contribution in [0, 0.1) is 0 Å². The number of hydrogen-bond donors (Lipinski definition) is 0. The van der Waals surface area contributed by atoms with E-state index >= 15 is 0 Å². The summed E-state index contributed by atoms with van der Waals surface area (Å²) in [5.74, 6) is 1.28. The summed E-state index contributed by atoms with van der Waals surface area (Å²) in [6.07, 6.45) is 1.69. The Bertz CT molecular complexity index is 307. The Morgan fingerprint density at radius 2 is 2.21 bits per heavy atom. The van der Waals surface area contributed by atoms with E-state index in [0.717, 1.165) is 12.7 Å². The molecule has 0 aromatic heterocycles. The van der Waals surface area contributed by atoms with E-state index in [1.807, 2.05) is 6.92 Å². The van der Waals surface area contributed by atoms with Gasteiger partial charge in [-0.15, -0.1) is 0 Å². The molecule has 1 rings (SSSR count). The minimum atomic E-state index is 0.526. The smallest absolute Gasteiger partial charge is 0.153 e. The van der Waals surface area contributed by atoms with Gasteiger partial charge < -0.3 is 9.47 Å². The van der Waals surface area contributed by atoms with Crippen LogP contribution >= 0.6 is 0 Å². The highest BCUT2D eigenvalue weighted by atomic mass is 16.5. The number of carbonyl (C=O) groups excluding carboxylic acids is 1. The zero-order valence-electron chi connectivity index (χ0n) is 8.45. The van der Waals surface area contributed by atoms with E-state index in [9.17, 15) is 4.79 Å². The average Bonchev–Trinajstić information content (AvgIpc) is 2.26. The molecule has 0 saturated heterocycles. The molecule has 0 fully saturated rings. The van der Waals surface area contributed by atoms with E-state index in [0.29, 0.717) is 23.7 Å². The van der Waals surface area contributed by atoms with E-state index in [4.69, 9.17) is 9.47 Å². The first-order valence-corrected chi connectivity index (χ1v) is 4.57. The molecule has 0 amide bonds. The molecule has 1 aromatic carbocycles. The van der Waals surface area contributed by atoms with Crippen LogP contribution in [0.25, 0.3) is 0 Å². The summed E-state index contributed by atoms with van der Waals surface area (Å²) in [5, 5.41) is 0. The molecule has 0 N–H and O–H groups in total. The van der Waals surface area contributed by atoms with E-state index in [-0.39, 0.29) is 0 Å². The molecule has 0 spiro atoms. The van der Waals surface area contributed by atoms with Crippen molar-refractivity contribution in [2.24, 2.45) is 0 Å². The van der Waals surface area contributed by atoms with Crippen LogP contribution in [0.1, 0.15) is 23.7 Å². The quantitative estimate of drug-likeness (QED) is 0.675. The van der Waals surface area contributed by atoms with Crippen LogP contribution in [0.15, 0.2) is 18.2 Å². The van der Waals surface area contributed by atoms with Gasteiger partial charge in [0, 0.05) is 0 Å². The Kier molecular flexibility index (Phi) is 3.98. The van der Waals surface area contributed by atoms with Crippen molar-refractivity contribution in [3.63, 3.8) is 0 Å². The zero-order chi connectivity index (χ0) is 10.4. The summed E-state index contributed by atoms with van der Waals surface area (Å²) < 4.78 is 10.4. The lowest BCUT2D eigenvalue weighted by Gasteiger charge is -2.08. The molecule has 1 aromatic rings. The lowest BCUT2D eigenvalue weighted by Crippen LogP contribution is -1.98. The summed E-state index contributed by atoms with van der Waals surface area (Å²) in [6, 6.07) is 5.19. The highest BCUT2D eigenvalue weighted by molar-refractivity contribution is 5.80. The fourth-order valence-electron chi connectivity index (χ4n) is 1.09. The Hall–Kier alpha value is -1.51. The standard InChI is InChI=1S/C11H14O3/c1-3-6-14-11-5-4-10(13-2)7-9(11)8-12/h4-5,7-8H,3,6H2,1-2H3. The summed E-state index contributed by atoms with van der Waals surface area (Å²) in [6.45, 7) is 2.64. The summed E-state index contributed by atoms with van der Waals surface area (Å²) in [7, 11) is 1.57. The van der Waals surface area contributed by atoms with Gasteiger partial charge in [0.05, 0.1) is 19.3 Å². The van der Waals surface area contributed by atoms with Crippen LogP contribution in [-0.4, -0.2) is 20.0 Å². The highest BCUT2D eigenvalue weighted by Gasteiger charge is 2.03. The molecule has 0 aliphatic rings. The molecule has 0 atom stereocenters. The molecular formula is C11H14O3. The molecule has 3 heteroatoms. The van der Waals surface area contributed by atoms with Crippen molar-refractivity contribution in [2.75, 3.05) is 13.7 Å². The summed E-state index contributed by atoms with van der Waals surface area (Å²) >= 11 is 0. The van der Waals surface area contributed by atoms with Crippen LogP contribution in [0.2, 0.25) is 0 Å². The van der Waals surface area contributed by atoms with E-state index < -0.39 is 0 Å². The van der Waals surface area contributed by atoms with Crippen LogP contribution in [-0.2, 0) is 0 Å². The Morgan fingerprint density at radius 1 is 1.43 bits per heavy atom. The summed E-state index contributed by atoms with van der Waals surface area (Å²) in [4.78, 5) is 10.7. The van der Waals surface area contributed by atoms with Gasteiger partial charge in [-0.1, -0.05) is 6.92 Å². The van der Waals surface area contributed by atoms with Gasteiger partial charge in [-0.2, -0.15) is 0 Å². The minimum absolute atomic E-state index is 0.526. The maximum atomic E-state index is 10.7. The fourth-order valence-corrected chi connectivity index (χ4v) is 1.09. The normalized spacial score (nSPS) is 9.57. The molecule has 0 saturated carbocycles. The van der Waals surface area contributed by atoms with Gasteiger partial charge in [0.1, 0.15) is 11.5 Å². The maximum absolute atomic E-state index is 10.7. The first-order valence-electron chi connectivity index (χ1n) is 4.57. The second kappa shape index (κ2) is 5.27. The number of methoxy groups -OCH3 is 1. The van der Waals surface area contributed by atoms with Gasteiger partial charge in [0.15, 0.2) is 6.29 Å². The second-order valence-corrected chi connectivity index (χ2v) is 2.87. The van der Waals surface area contributed by atoms with Gasteiger partial charge in [-0.05, 0) is 24.6 Å². The Labute approximate surface area is 83.6 Å². The topological polar surface area (TPSA) is 35.5 Å². The molecule has 0 unspecified atom stereocenters. The van der Waals surface area contributed by atoms with Crippen molar-refractivity contribution in [2.45, 2.75) is 13.3 Å². The van der Waals surface area contributed by atoms with Crippen LogP contribution in [0.5, 0.6) is 11.5 Å². The lowest BCUT2D eigenvalue weighted by molar-refractivity contribution is 0.111. The summed E-state index contributed by atoms with van der Waals surface area (Å²) in [5.41, 5.74) is 0.526. The third-order valence-electron chi connectivity index (χ3n) is 1.81. The van der Waals surface area contributed by atoms with Gasteiger partial charge in [0.25, 0.3) is 0 Å². The molecule has 0 aliphatic heterocycles. The second-order valence-electron chi connectivity index (χ2n) is 2.87. The lowest BCUT2D eigenvalue weighted by atomic mass is 10.2. The highest BCUT2D eigenvalue weighted by Crippen LogP contribution is 2.22. The largest absolute Gasteiger partial charge is 0.497 e. The number of rotatable bonds is 5. The Balaban J connectivity index is 2.87. The predicted octanol–water partition coefficient (Wildman–Crippen LogP) is 2.30. The molecule has 0 radical (unpaired) electrons. The first-order chi connectivity index (χ1) is 6.81. The molecule has 0 heterocycles. The zero-order valence-corrected chi connectivity index (χ0v) is 8.45. The van der Waals surface area contributed by atoms with Crippen LogP contribution in [0.4, 0.5) is 0 Å². The molecule has 14 heavy (non-hydrogen) atoms. The van der Waals surface area contributed by atoms with Crippen molar-refractivity contribution in [3.8, 4) is 11.5 Å². The SMILES string of the molecule is CCCOc1ccc(OC)cc1C=O. The number of ether oxygens (including phenoxy) is 2. The predicted molar refractivity (Wildman–Crippen MR) is 54.2 cm³/mol. The number of carbonyl (C=O) groups is 1. The van der Waals surface area contributed by atoms with Crippen LogP contribution in [0.3, 0.4) is 0 Å². The Morgan fingerprint density at radius 3 is 2.79 bits per heavy atom. The van der Waals surface area contributed by atoms with E-state index in [1.165, 1.54) is 0 Å². The number of benzene rings is 1. The minimum Gasteiger partial charge on any atom is -0.497 e.